The zero-order chi connectivity index (χ0) is 15.0. The van der Waals surface area contributed by atoms with E-state index in [0.29, 0.717) is 18.2 Å². The number of nitrogens with zero attached hydrogens (tertiary/aromatic N) is 2. The van der Waals surface area contributed by atoms with E-state index in [1.165, 1.54) is 18.2 Å². The number of halogens is 3. The maximum absolute atomic E-state index is 13.4. The van der Waals surface area contributed by atoms with Gasteiger partial charge in [-0.2, -0.15) is 0 Å². The molecule has 0 radical (unpaired) electrons. The van der Waals surface area contributed by atoms with Crippen molar-refractivity contribution in [2.24, 2.45) is 10.7 Å². The SMILES string of the molecule is NC1=NCC(c2ccc(F)c(Cl)c2)N1c1cccc(F)c1. The summed E-state index contributed by atoms with van der Waals surface area (Å²) in [5.74, 6) is -0.543. The van der Waals surface area contributed by atoms with Gasteiger partial charge in [0.15, 0.2) is 5.96 Å². The van der Waals surface area contributed by atoms with Gasteiger partial charge in [-0.15, -0.1) is 0 Å². The van der Waals surface area contributed by atoms with Crippen molar-refractivity contribution in [3.8, 4) is 0 Å². The van der Waals surface area contributed by atoms with Gasteiger partial charge in [-0.05, 0) is 35.9 Å². The van der Waals surface area contributed by atoms with Crippen molar-refractivity contribution in [2.45, 2.75) is 6.04 Å². The normalized spacial score (nSPS) is 18.0. The summed E-state index contributed by atoms with van der Waals surface area (Å²) >= 11 is 5.83. The van der Waals surface area contributed by atoms with Crippen LogP contribution in [0.1, 0.15) is 11.6 Å². The second-order valence-electron chi connectivity index (χ2n) is 4.74. The number of hydrogen-bond acceptors (Lipinski definition) is 3. The molecule has 0 aromatic heterocycles. The van der Waals surface area contributed by atoms with Gasteiger partial charge < -0.3 is 10.6 Å². The Hall–Kier alpha value is -2.14. The van der Waals surface area contributed by atoms with Crippen LogP contribution in [0.3, 0.4) is 0 Å². The van der Waals surface area contributed by atoms with Gasteiger partial charge in [-0.3, -0.25) is 4.99 Å². The van der Waals surface area contributed by atoms with Gasteiger partial charge in [0.1, 0.15) is 11.6 Å². The van der Waals surface area contributed by atoms with Gasteiger partial charge in [-0.1, -0.05) is 23.7 Å². The smallest absolute Gasteiger partial charge is 0.196 e. The first kappa shape index (κ1) is 13.8. The molecule has 1 heterocycles. The summed E-state index contributed by atoms with van der Waals surface area (Å²) in [5.41, 5.74) is 7.27. The third kappa shape index (κ3) is 2.56. The molecule has 1 unspecified atom stereocenters. The second-order valence-corrected chi connectivity index (χ2v) is 5.15. The van der Waals surface area contributed by atoms with Crippen LogP contribution in [0.15, 0.2) is 47.5 Å². The third-order valence-electron chi connectivity index (χ3n) is 3.40. The van der Waals surface area contributed by atoms with Gasteiger partial charge in [0.2, 0.25) is 0 Å². The molecule has 2 aromatic rings. The van der Waals surface area contributed by atoms with E-state index in [0.717, 1.165) is 5.56 Å². The molecule has 1 aliphatic rings. The van der Waals surface area contributed by atoms with Crippen LogP contribution in [0.5, 0.6) is 0 Å². The molecule has 3 nitrogen and oxygen atoms in total. The summed E-state index contributed by atoms with van der Waals surface area (Å²) < 4.78 is 26.7. The van der Waals surface area contributed by atoms with Gasteiger partial charge in [-0.25, -0.2) is 8.78 Å². The number of hydrogen-bond donors (Lipinski definition) is 1. The Morgan fingerprint density at radius 2 is 2.00 bits per heavy atom. The molecule has 2 N–H and O–H groups in total. The largest absolute Gasteiger partial charge is 0.369 e. The molecule has 3 rings (SSSR count). The van der Waals surface area contributed by atoms with E-state index in [9.17, 15) is 8.78 Å². The predicted octanol–water partition coefficient (Wildman–Crippen LogP) is 3.49. The molecular formula is C15H12ClF2N3. The van der Waals surface area contributed by atoms with Crippen molar-refractivity contribution in [2.75, 3.05) is 11.4 Å². The fraction of sp³-hybridized carbons (Fsp3) is 0.133. The van der Waals surface area contributed by atoms with Crippen molar-refractivity contribution in [3.05, 3.63) is 64.7 Å². The molecule has 0 spiro atoms. The van der Waals surface area contributed by atoms with Crippen molar-refractivity contribution >= 4 is 23.2 Å². The van der Waals surface area contributed by atoms with Crippen molar-refractivity contribution in [1.29, 1.82) is 0 Å². The predicted molar refractivity (Wildman–Crippen MR) is 79.5 cm³/mol. The lowest BCUT2D eigenvalue weighted by Crippen LogP contribution is -2.36. The average molecular weight is 308 g/mol. The Kier molecular flexibility index (Phi) is 3.51. The summed E-state index contributed by atoms with van der Waals surface area (Å²) in [6, 6.07) is 10.3. The first-order chi connectivity index (χ1) is 10.1. The lowest BCUT2D eigenvalue weighted by molar-refractivity contribution is 0.624. The fourth-order valence-corrected chi connectivity index (χ4v) is 2.60. The molecule has 0 saturated carbocycles. The van der Waals surface area contributed by atoms with Crippen LogP contribution in [0.2, 0.25) is 5.02 Å². The molecule has 1 atom stereocenters. The minimum atomic E-state index is -0.482. The minimum absolute atomic E-state index is 0.0390. The van der Waals surface area contributed by atoms with Crippen molar-refractivity contribution in [3.63, 3.8) is 0 Å². The quantitative estimate of drug-likeness (QED) is 0.922. The number of guanidine groups is 1. The average Bonchev–Trinajstić information content (AvgIpc) is 2.84. The molecule has 0 saturated heterocycles. The van der Waals surface area contributed by atoms with E-state index in [1.54, 1.807) is 29.2 Å². The number of rotatable bonds is 2. The standard InChI is InChI=1S/C15H12ClF2N3/c16-12-6-9(4-5-13(12)18)14-8-20-15(19)21(14)11-3-1-2-10(17)7-11/h1-7,14H,8H2,(H2,19,20). The number of aliphatic imine (C=N–C) groups is 1. The van der Waals surface area contributed by atoms with Gasteiger partial charge >= 0.3 is 0 Å². The molecule has 0 fully saturated rings. The zero-order valence-electron chi connectivity index (χ0n) is 10.9. The van der Waals surface area contributed by atoms with Crippen LogP contribution < -0.4 is 10.6 Å². The molecule has 108 valence electrons. The highest BCUT2D eigenvalue weighted by molar-refractivity contribution is 6.30. The minimum Gasteiger partial charge on any atom is -0.369 e. The molecular weight excluding hydrogens is 296 g/mol. The van der Waals surface area contributed by atoms with E-state index in [2.05, 4.69) is 4.99 Å². The molecule has 0 aliphatic carbocycles. The van der Waals surface area contributed by atoms with E-state index >= 15 is 0 Å². The Morgan fingerprint density at radius 3 is 2.71 bits per heavy atom. The lowest BCUT2D eigenvalue weighted by atomic mass is 10.1. The molecule has 0 amide bonds. The molecule has 0 bridgehead atoms. The number of anilines is 1. The van der Waals surface area contributed by atoms with E-state index in [1.807, 2.05) is 0 Å². The highest BCUT2D eigenvalue weighted by atomic mass is 35.5. The van der Waals surface area contributed by atoms with Gasteiger partial charge in [0.25, 0.3) is 0 Å². The molecule has 21 heavy (non-hydrogen) atoms. The Bertz CT molecular complexity index is 718. The maximum Gasteiger partial charge on any atom is 0.196 e. The molecule has 2 aromatic carbocycles. The summed E-state index contributed by atoms with van der Waals surface area (Å²) in [6.07, 6.45) is 0. The first-order valence-corrected chi connectivity index (χ1v) is 6.74. The van der Waals surface area contributed by atoms with Crippen LogP contribution in [0.4, 0.5) is 14.5 Å². The van der Waals surface area contributed by atoms with Crippen molar-refractivity contribution in [1.82, 2.24) is 0 Å². The summed E-state index contributed by atoms with van der Waals surface area (Å²) in [6.45, 7) is 0.407. The van der Waals surface area contributed by atoms with Gasteiger partial charge in [0, 0.05) is 5.69 Å². The van der Waals surface area contributed by atoms with Crippen LogP contribution in [0, 0.1) is 11.6 Å². The number of benzene rings is 2. The second kappa shape index (κ2) is 5.33. The van der Waals surface area contributed by atoms with Crippen LogP contribution >= 0.6 is 11.6 Å². The Morgan fingerprint density at radius 1 is 1.19 bits per heavy atom. The highest BCUT2D eigenvalue weighted by Crippen LogP contribution is 2.32. The Labute approximate surface area is 125 Å². The summed E-state index contributed by atoms with van der Waals surface area (Å²) in [5, 5.41) is 0.0390. The van der Waals surface area contributed by atoms with Crippen LogP contribution in [-0.4, -0.2) is 12.5 Å². The third-order valence-corrected chi connectivity index (χ3v) is 3.69. The summed E-state index contributed by atoms with van der Waals surface area (Å²) in [4.78, 5) is 5.91. The highest BCUT2D eigenvalue weighted by Gasteiger charge is 2.29. The molecule has 1 aliphatic heterocycles. The Balaban J connectivity index is 2.00. The van der Waals surface area contributed by atoms with Crippen LogP contribution in [0.25, 0.3) is 0 Å². The summed E-state index contributed by atoms with van der Waals surface area (Å²) in [7, 11) is 0. The molecule has 6 heteroatoms. The number of nitrogens with two attached hydrogens (primary N) is 1. The first-order valence-electron chi connectivity index (χ1n) is 6.36. The monoisotopic (exact) mass is 307 g/mol. The maximum atomic E-state index is 13.4. The fourth-order valence-electron chi connectivity index (χ4n) is 2.41. The topological polar surface area (TPSA) is 41.6 Å². The van der Waals surface area contributed by atoms with Crippen LogP contribution in [-0.2, 0) is 0 Å². The van der Waals surface area contributed by atoms with E-state index < -0.39 is 5.82 Å². The van der Waals surface area contributed by atoms with E-state index in [-0.39, 0.29) is 16.9 Å². The lowest BCUT2D eigenvalue weighted by Gasteiger charge is -2.26. The van der Waals surface area contributed by atoms with Crippen molar-refractivity contribution < 1.29 is 8.78 Å². The van der Waals surface area contributed by atoms with E-state index in [4.69, 9.17) is 17.3 Å². The zero-order valence-corrected chi connectivity index (χ0v) is 11.7. The van der Waals surface area contributed by atoms with Gasteiger partial charge in [0.05, 0.1) is 17.6 Å².